The highest BCUT2D eigenvalue weighted by atomic mass is 16.2. The third kappa shape index (κ3) is 2.19. The van der Waals surface area contributed by atoms with Crippen LogP contribution in [0.15, 0.2) is 24.4 Å². The molecule has 96 valence electrons. The van der Waals surface area contributed by atoms with Crippen LogP contribution in [0.2, 0.25) is 0 Å². The van der Waals surface area contributed by atoms with Gasteiger partial charge in [-0.3, -0.25) is 9.89 Å². The average molecular weight is 245 g/mol. The summed E-state index contributed by atoms with van der Waals surface area (Å²) >= 11 is 0. The summed E-state index contributed by atoms with van der Waals surface area (Å²) in [6.07, 6.45) is 10.1. The molecule has 0 unspecified atom stereocenters. The van der Waals surface area contributed by atoms with Crippen molar-refractivity contribution in [2.24, 2.45) is 5.92 Å². The number of hydrogen-bond donors (Lipinski definition) is 1. The summed E-state index contributed by atoms with van der Waals surface area (Å²) in [6.45, 7) is 1.74. The molecule has 4 heteroatoms. The number of allylic oxidation sites excluding steroid dienone is 2. The molecule has 1 aliphatic heterocycles. The molecule has 1 N–H and O–H groups in total. The van der Waals surface area contributed by atoms with Crippen molar-refractivity contribution in [1.82, 2.24) is 15.1 Å². The standard InChI is InChI=1S/C14H19N3O/c18-14(11-4-2-1-3-5-11)17-9-7-12(10-17)13-6-8-15-16-13/h1-2,6,8,11-12H,3-5,7,9-10H2,(H,15,16)/t11-,12-/m0/s1. The second-order valence-electron chi connectivity index (χ2n) is 5.26. The molecule has 4 nitrogen and oxygen atoms in total. The van der Waals surface area contributed by atoms with Crippen LogP contribution < -0.4 is 0 Å². The van der Waals surface area contributed by atoms with E-state index in [2.05, 4.69) is 22.3 Å². The molecule has 0 bridgehead atoms. The predicted molar refractivity (Wildman–Crippen MR) is 69.0 cm³/mol. The summed E-state index contributed by atoms with van der Waals surface area (Å²) < 4.78 is 0. The van der Waals surface area contributed by atoms with Crippen molar-refractivity contribution in [3.05, 3.63) is 30.1 Å². The molecule has 2 atom stereocenters. The molecule has 1 fully saturated rings. The van der Waals surface area contributed by atoms with Crippen molar-refractivity contribution in [2.45, 2.75) is 31.6 Å². The van der Waals surface area contributed by atoms with Crippen molar-refractivity contribution in [3.63, 3.8) is 0 Å². The molecule has 1 aromatic rings. The van der Waals surface area contributed by atoms with E-state index in [-0.39, 0.29) is 5.92 Å². The zero-order valence-electron chi connectivity index (χ0n) is 10.5. The first-order valence-corrected chi connectivity index (χ1v) is 6.77. The van der Waals surface area contributed by atoms with E-state index in [4.69, 9.17) is 0 Å². The SMILES string of the molecule is O=C([C@H]1CC=CCC1)N1CC[C@H](c2ccn[nH]2)C1. The quantitative estimate of drug-likeness (QED) is 0.811. The minimum Gasteiger partial charge on any atom is -0.342 e. The Hall–Kier alpha value is -1.58. The van der Waals surface area contributed by atoms with Gasteiger partial charge in [-0.15, -0.1) is 0 Å². The van der Waals surface area contributed by atoms with Gasteiger partial charge in [-0.05, 0) is 31.7 Å². The molecule has 3 rings (SSSR count). The Bertz CT molecular complexity index is 438. The lowest BCUT2D eigenvalue weighted by atomic mass is 9.93. The molecule has 2 aliphatic rings. The number of aromatic nitrogens is 2. The topological polar surface area (TPSA) is 49.0 Å². The number of H-pyrrole nitrogens is 1. The van der Waals surface area contributed by atoms with E-state index in [0.717, 1.165) is 44.5 Å². The fraction of sp³-hybridized carbons (Fsp3) is 0.571. The molecule has 1 saturated heterocycles. The van der Waals surface area contributed by atoms with E-state index in [1.807, 2.05) is 11.0 Å². The van der Waals surface area contributed by atoms with Crippen LogP contribution in [0.5, 0.6) is 0 Å². The summed E-state index contributed by atoms with van der Waals surface area (Å²) in [6, 6.07) is 2.02. The maximum absolute atomic E-state index is 12.4. The predicted octanol–water partition coefficient (Wildman–Crippen LogP) is 2.08. The highest BCUT2D eigenvalue weighted by Gasteiger charge is 2.31. The van der Waals surface area contributed by atoms with Crippen LogP contribution in [0.1, 0.15) is 37.3 Å². The molecule has 1 amide bonds. The first kappa shape index (κ1) is 11.5. The van der Waals surface area contributed by atoms with Crippen molar-refractivity contribution >= 4 is 5.91 Å². The molecule has 0 aromatic carbocycles. The molecule has 0 radical (unpaired) electrons. The fourth-order valence-electron chi connectivity index (χ4n) is 2.98. The number of carbonyl (C=O) groups excluding carboxylic acids is 1. The number of hydrogen-bond acceptors (Lipinski definition) is 2. The number of aromatic amines is 1. The van der Waals surface area contributed by atoms with Gasteiger partial charge in [0.2, 0.25) is 5.91 Å². The second-order valence-corrected chi connectivity index (χ2v) is 5.26. The molecule has 0 spiro atoms. The molecule has 2 heterocycles. The van der Waals surface area contributed by atoms with E-state index in [9.17, 15) is 4.79 Å². The third-order valence-electron chi connectivity index (χ3n) is 4.08. The fourth-order valence-corrected chi connectivity index (χ4v) is 2.98. The zero-order valence-corrected chi connectivity index (χ0v) is 10.5. The zero-order chi connectivity index (χ0) is 12.4. The molecule has 18 heavy (non-hydrogen) atoms. The largest absolute Gasteiger partial charge is 0.342 e. The van der Waals surface area contributed by atoms with E-state index >= 15 is 0 Å². The lowest BCUT2D eigenvalue weighted by Gasteiger charge is -2.24. The van der Waals surface area contributed by atoms with E-state index in [1.165, 1.54) is 0 Å². The normalized spacial score (nSPS) is 27.7. The van der Waals surface area contributed by atoms with Crippen molar-refractivity contribution in [2.75, 3.05) is 13.1 Å². The Balaban J connectivity index is 1.61. The minimum atomic E-state index is 0.218. The number of carbonyl (C=O) groups is 1. The van der Waals surface area contributed by atoms with Gasteiger partial charge >= 0.3 is 0 Å². The van der Waals surface area contributed by atoms with Crippen LogP contribution in [-0.4, -0.2) is 34.1 Å². The number of amides is 1. The van der Waals surface area contributed by atoms with Gasteiger partial charge in [0.1, 0.15) is 0 Å². The van der Waals surface area contributed by atoms with E-state index < -0.39 is 0 Å². The maximum atomic E-state index is 12.4. The summed E-state index contributed by atoms with van der Waals surface area (Å²) in [5.41, 5.74) is 1.16. The van der Waals surface area contributed by atoms with Gasteiger partial charge in [0.25, 0.3) is 0 Å². The van der Waals surface area contributed by atoms with Crippen LogP contribution in [0, 0.1) is 5.92 Å². The van der Waals surface area contributed by atoms with Crippen molar-refractivity contribution in [3.8, 4) is 0 Å². The average Bonchev–Trinajstić information content (AvgIpc) is 3.09. The van der Waals surface area contributed by atoms with Gasteiger partial charge < -0.3 is 4.90 Å². The summed E-state index contributed by atoms with van der Waals surface area (Å²) in [7, 11) is 0. The highest BCUT2D eigenvalue weighted by Crippen LogP contribution is 2.29. The Morgan fingerprint density at radius 2 is 2.33 bits per heavy atom. The van der Waals surface area contributed by atoms with Crippen molar-refractivity contribution in [1.29, 1.82) is 0 Å². The summed E-state index contributed by atoms with van der Waals surface area (Å²) in [5.74, 6) is 1.01. The monoisotopic (exact) mass is 245 g/mol. The van der Waals surface area contributed by atoms with Crippen LogP contribution in [-0.2, 0) is 4.79 Å². The van der Waals surface area contributed by atoms with E-state index in [1.54, 1.807) is 6.20 Å². The van der Waals surface area contributed by atoms with Crippen LogP contribution in [0.3, 0.4) is 0 Å². The first-order valence-electron chi connectivity index (χ1n) is 6.77. The molecular formula is C14H19N3O. The first-order chi connectivity index (χ1) is 8.84. The van der Waals surface area contributed by atoms with Crippen LogP contribution in [0.4, 0.5) is 0 Å². The van der Waals surface area contributed by atoms with Crippen LogP contribution in [0.25, 0.3) is 0 Å². The molecule has 1 aliphatic carbocycles. The smallest absolute Gasteiger partial charge is 0.226 e. The van der Waals surface area contributed by atoms with Gasteiger partial charge in [0, 0.05) is 36.8 Å². The van der Waals surface area contributed by atoms with Crippen molar-refractivity contribution < 1.29 is 4.79 Å². The van der Waals surface area contributed by atoms with Gasteiger partial charge in [-0.1, -0.05) is 12.2 Å². The Morgan fingerprint density at radius 3 is 3.06 bits per heavy atom. The second kappa shape index (κ2) is 4.96. The third-order valence-corrected chi connectivity index (χ3v) is 4.08. The number of nitrogens with zero attached hydrogens (tertiary/aromatic N) is 2. The highest BCUT2D eigenvalue weighted by molar-refractivity contribution is 5.79. The van der Waals surface area contributed by atoms with Gasteiger partial charge in [0.05, 0.1) is 0 Å². The lowest BCUT2D eigenvalue weighted by Crippen LogP contribution is -2.34. The van der Waals surface area contributed by atoms with Crippen LogP contribution >= 0.6 is 0 Å². The summed E-state index contributed by atoms with van der Waals surface area (Å²) in [4.78, 5) is 14.4. The number of likely N-dealkylation sites (tertiary alicyclic amines) is 1. The van der Waals surface area contributed by atoms with Gasteiger partial charge in [-0.25, -0.2) is 0 Å². The van der Waals surface area contributed by atoms with E-state index in [0.29, 0.717) is 11.8 Å². The molecular weight excluding hydrogens is 226 g/mol. The van der Waals surface area contributed by atoms with Gasteiger partial charge in [-0.2, -0.15) is 5.10 Å². The van der Waals surface area contributed by atoms with Gasteiger partial charge in [0.15, 0.2) is 0 Å². The summed E-state index contributed by atoms with van der Waals surface area (Å²) in [5, 5.41) is 7.01. The molecule has 1 aromatic heterocycles. The lowest BCUT2D eigenvalue weighted by molar-refractivity contribution is -0.134. The molecule has 0 saturated carbocycles. The number of rotatable bonds is 2. The Kier molecular flexibility index (Phi) is 3.17. The Morgan fingerprint density at radius 1 is 1.39 bits per heavy atom. The minimum absolute atomic E-state index is 0.218. The maximum Gasteiger partial charge on any atom is 0.226 e. The number of nitrogens with one attached hydrogen (secondary N) is 1. The Labute approximate surface area is 107 Å².